The molecule has 98 valence electrons. The van der Waals surface area contributed by atoms with Gasteiger partial charge in [0.2, 0.25) is 10.0 Å². The molecule has 1 aromatic rings. The van der Waals surface area contributed by atoms with Gasteiger partial charge >= 0.3 is 0 Å². The molecule has 1 saturated heterocycles. The maximum atomic E-state index is 12.1. The van der Waals surface area contributed by atoms with Crippen LogP contribution in [0.1, 0.15) is 0 Å². The summed E-state index contributed by atoms with van der Waals surface area (Å²) in [6, 6.07) is 4.95. The second-order valence-corrected chi connectivity index (χ2v) is 6.06. The van der Waals surface area contributed by atoms with Crippen LogP contribution in [0.3, 0.4) is 0 Å². The van der Waals surface area contributed by atoms with E-state index in [9.17, 15) is 18.5 Å². The van der Waals surface area contributed by atoms with Crippen LogP contribution in [-0.2, 0) is 10.0 Å². The van der Waals surface area contributed by atoms with Crippen molar-refractivity contribution in [3.05, 3.63) is 34.4 Å². The molecule has 0 radical (unpaired) electrons. The predicted molar refractivity (Wildman–Crippen MR) is 62.4 cm³/mol. The Bertz CT molecular complexity index is 565. The van der Waals surface area contributed by atoms with Crippen molar-refractivity contribution in [1.82, 2.24) is 4.31 Å². The van der Waals surface area contributed by atoms with Crippen molar-refractivity contribution >= 4 is 15.7 Å². The number of aliphatic hydroxyl groups excluding tert-OH is 1. The lowest BCUT2D eigenvalue weighted by molar-refractivity contribution is -0.385. The first-order valence-electron chi connectivity index (χ1n) is 5.30. The Morgan fingerprint density at radius 1 is 1.44 bits per heavy atom. The van der Waals surface area contributed by atoms with Crippen molar-refractivity contribution in [3.63, 3.8) is 0 Å². The van der Waals surface area contributed by atoms with Gasteiger partial charge in [0.05, 0.1) is 9.82 Å². The number of rotatable bonds is 4. The molecule has 1 aromatic carbocycles. The van der Waals surface area contributed by atoms with Crippen LogP contribution in [0.5, 0.6) is 0 Å². The van der Waals surface area contributed by atoms with Crippen LogP contribution in [-0.4, -0.2) is 42.4 Å². The molecule has 2 rings (SSSR count). The van der Waals surface area contributed by atoms with Gasteiger partial charge in [-0.1, -0.05) is 6.07 Å². The molecule has 8 heteroatoms. The van der Waals surface area contributed by atoms with E-state index in [1.165, 1.54) is 22.5 Å². The minimum Gasteiger partial charge on any atom is -0.396 e. The molecule has 0 aromatic heterocycles. The number of nitro groups is 1. The fraction of sp³-hybridized carbons (Fsp3) is 0.400. The molecule has 0 bridgehead atoms. The SMILES string of the molecule is O=[N+]([O-])c1cccc(S(=O)(=O)N2CC(CO)C2)c1. The monoisotopic (exact) mass is 272 g/mol. The Balaban J connectivity index is 2.26. The third kappa shape index (κ3) is 2.22. The van der Waals surface area contributed by atoms with E-state index >= 15 is 0 Å². The maximum Gasteiger partial charge on any atom is 0.270 e. The van der Waals surface area contributed by atoms with E-state index < -0.39 is 14.9 Å². The quantitative estimate of drug-likeness (QED) is 0.623. The van der Waals surface area contributed by atoms with Crippen LogP contribution in [0.4, 0.5) is 5.69 Å². The van der Waals surface area contributed by atoms with Gasteiger partial charge in [-0.15, -0.1) is 0 Å². The lowest BCUT2D eigenvalue weighted by atomic mass is 10.1. The van der Waals surface area contributed by atoms with Gasteiger partial charge in [0, 0.05) is 37.7 Å². The highest BCUT2D eigenvalue weighted by molar-refractivity contribution is 7.89. The zero-order valence-electron chi connectivity index (χ0n) is 9.39. The molecule has 0 spiro atoms. The summed E-state index contributed by atoms with van der Waals surface area (Å²) in [6.07, 6.45) is 0. The summed E-state index contributed by atoms with van der Waals surface area (Å²) in [4.78, 5) is 9.87. The molecular formula is C10H12N2O5S. The Kier molecular flexibility index (Phi) is 3.33. The van der Waals surface area contributed by atoms with Gasteiger partial charge in [-0.25, -0.2) is 8.42 Å². The number of hydrogen-bond acceptors (Lipinski definition) is 5. The van der Waals surface area contributed by atoms with E-state index in [0.717, 1.165) is 6.07 Å². The van der Waals surface area contributed by atoms with Crippen molar-refractivity contribution in [2.24, 2.45) is 5.92 Å². The van der Waals surface area contributed by atoms with Gasteiger partial charge in [-0.2, -0.15) is 4.31 Å². The first-order valence-corrected chi connectivity index (χ1v) is 6.74. The van der Waals surface area contributed by atoms with E-state index in [2.05, 4.69) is 0 Å². The van der Waals surface area contributed by atoms with Crippen LogP contribution in [0.15, 0.2) is 29.2 Å². The third-order valence-corrected chi connectivity index (χ3v) is 4.68. The highest BCUT2D eigenvalue weighted by Crippen LogP contribution is 2.26. The second kappa shape index (κ2) is 4.63. The Labute approximate surface area is 104 Å². The van der Waals surface area contributed by atoms with Crippen LogP contribution >= 0.6 is 0 Å². The topological polar surface area (TPSA) is 101 Å². The summed E-state index contributed by atoms with van der Waals surface area (Å²) < 4.78 is 25.3. The summed E-state index contributed by atoms with van der Waals surface area (Å²) in [5.74, 6) is -0.0431. The maximum absolute atomic E-state index is 12.1. The van der Waals surface area contributed by atoms with E-state index in [1.54, 1.807) is 0 Å². The van der Waals surface area contributed by atoms with Crippen molar-refractivity contribution in [2.45, 2.75) is 4.90 Å². The second-order valence-electron chi connectivity index (χ2n) is 4.13. The number of benzene rings is 1. The smallest absolute Gasteiger partial charge is 0.270 e. The zero-order chi connectivity index (χ0) is 13.3. The molecular weight excluding hydrogens is 260 g/mol. The standard InChI is InChI=1S/C10H12N2O5S/c13-7-8-5-11(6-8)18(16,17)10-3-1-2-9(4-10)12(14)15/h1-4,8,13H,5-7H2. The van der Waals surface area contributed by atoms with E-state index in [1.807, 2.05) is 0 Å². The molecule has 1 aliphatic heterocycles. The number of hydrogen-bond donors (Lipinski definition) is 1. The number of nitrogens with zero attached hydrogens (tertiary/aromatic N) is 2. The molecule has 0 saturated carbocycles. The van der Waals surface area contributed by atoms with Crippen LogP contribution in [0, 0.1) is 16.0 Å². The van der Waals surface area contributed by atoms with Crippen molar-refractivity contribution in [3.8, 4) is 0 Å². The van der Waals surface area contributed by atoms with Gasteiger partial charge < -0.3 is 5.11 Å². The van der Waals surface area contributed by atoms with Crippen molar-refractivity contribution in [1.29, 1.82) is 0 Å². The van der Waals surface area contributed by atoms with E-state index in [4.69, 9.17) is 5.11 Å². The lowest BCUT2D eigenvalue weighted by Gasteiger charge is -2.36. The fourth-order valence-electron chi connectivity index (χ4n) is 1.74. The molecule has 0 atom stereocenters. The molecule has 1 aliphatic rings. The summed E-state index contributed by atoms with van der Waals surface area (Å²) in [5, 5.41) is 19.4. The van der Waals surface area contributed by atoms with Crippen LogP contribution < -0.4 is 0 Å². The van der Waals surface area contributed by atoms with Gasteiger partial charge in [-0.3, -0.25) is 10.1 Å². The Morgan fingerprint density at radius 3 is 2.67 bits per heavy atom. The highest BCUT2D eigenvalue weighted by Gasteiger charge is 2.36. The van der Waals surface area contributed by atoms with Crippen LogP contribution in [0.25, 0.3) is 0 Å². The molecule has 18 heavy (non-hydrogen) atoms. The normalized spacial score (nSPS) is 17.4. The third-order valence-electron chi connectivity index (χ3n) is 2.85. The largest absolute Gasteiger partial charge is 0.396 e. The predicted octanol–water partition coefficient (Wildman–Crippen LogP) is 0.208. The van der Waals surface area contributed by atoms with E-state index in [-0.39, 0.29) is 36.2 Å². The summed E-state index contributed by atoms with van der Waals surface area (Å²) >= 11 is 0. The first-order chi connectivity index (χ1) is 8.45. The van der Waals surface area contributed by atoms with Crippen molar-refractivity contribution < 1.29 is 18.4 Å². The summed E-state index contributed by atoms with van der Waals surface area (Å²) in [5.41, 5.74) is -0.254. The fourth-order valence-corrected chi connectivity index (χ4v) is 3.37. The van der Waals surface area contributed by atoms with Gasteiger partial charge in [0.1, 0.15) is 0 Å². The molecule has 1 N–H and O–H groups in total. The highest BCUT2D eigenvalue weighted by atomic mass is 32.2. The first kappa shape index (κ1) is 12.9. The Morgan fingerprint density at radius 2 is 2.11 bits per heavy atom. The van der Waals surface area contributed by atoms with Crippen molar-refractivity contribution in [2.75, 3.05) is 19.7 Å². The Hall–Kier alpha value is -1.51. The minimum absolute atomic E-state index is 0.0431. The molecule has 1 heterocycles. The minimum atomic E-state index is -3.68. The number of sulfonamides is 1. The average Bonchev–Trinajstić information content (AvgIpc) is 2.27. The van der Waals surface area contributed by atoms with Gasteiger partial charge in [0.15, 0.2) is 0 Å². The zero-order valence-corrected chi connectivity index (χ0v) is 10.2. The van der Waals surface area contributed by atoms with Gasteiger partial charge in [-0.05, 0) is 6.07 Å². The average molecular weight is 272 g/mol. The van der Waals surface area contributed by atoms with Gasteiger partial charge in [0.25, 0.3) is 5.69 Å². The molecule has 0 aliphatic carbocycles. The number of nitro benzene ring substituents is 1. The molecule has 7 nitrogen and oxygen atoms in total. The molecule has 0 unspecified atom stereocenters. The molecule has 0 amide bonds. The molecule has 1 fully saturated rings. The summed E-state index contributed by atoms with van der Waals surface area (Å²) in [6.45, 7) is 0.448. The number of aliphatic hydroxyl groups is 1. The van der Waals surface area contributed by atoms with E-state index in [0.29, 0.717) is 0 Å². The van der Waals surface area contributed by atoms with Crippen LogP contribution in [0.2, 0.25) is 0 Å². The summed E-state index contributed by atoms with van der Waals surface area (Å²) in [7, 11) is -3.68. The number of non-ortho nitro benzene ring substituents is 1. The lowest BCUT2D eigenvalue weighted by Crippen LogP contribution is -2.51.